The molecule has 1 atom stereocenters. The summed E-state index contributed by atoms with van der Waals surface area (Å²) in [4.78, 5) is 40.6. The molecule has 3 aliphatic rings. The highest BCUT2D eigenvalue weighted by Crippen LogP contribution is 2.43. The van der Waals surface area contributed by atoms with Gasteiger partial charge in [-0.05, 0) is 172 Å². The Bertz CT molecular complexity index is 1890. The number of amides is 1. The second-order valence-electron chi connectivity index (χ2n) is 18.0. The molecule has 58 heavy (non-hydrogen) atoms. The molecule has 0 radical (unpaired) electrons. The maximum absolute atomic E-state index is 14.0. The van der Waals surface area contributed by atoms with E-state index in [1.54, 1.807) is 41.7 Å². The van der Waals surface area contributed by atoms with Gasteiger partial charge in [0.2, 0.25) is 5.91 Å². The maximum Gasteiger partial charge on any atom is 0.416 e. The molecule has 318 valence electrons. The lowest BCUT2D eigenvalue weighted by Crippen LogP contribution is -2.43. The number of hydrogen-bond acceptors (Lipinski definition) is 9. The van der Waals surface area contributed by atoms with Crippen molar-refractivity contribution in [1.82, 2.24) is 25.1 Å². The standard InChI is InChI=1S/C45H63F3N6O4/c1-28(34-22-35(43(56)58-44(3,4)5)24-36(23-34)45(46,47)48)50-41-38-25-37(40(57-7)26-39(38)51-29(2)52-41)32-8-10-33(11-9-32)42(55)54-20-15-30(16-21-54)14-19-53(6)27-31-12-17-49-18-13-31/h22-26,28,30-33,49H,8-21,27H2,1-7H3,(H,50,51,52)/t28-,32?,33?/m1/s1. The summed E-state index contributed by atoms with van der Waals surface area (Å²) >= 11 is 0. The first-order chi connectivity index (χ1) is 27.5. The lowest BCUT2D eigenvalue weighted by molar-refractivity contribution is -0.138. The summed E-state index contributed by atoms with van der Waals surface area (Å²) in [5, 5.41) is 7.50. The molecule has 2 aliphatic heterocycles. The molecule has 0 spiro atoms. The van der Waals surface area contributed by atoms with Gasteiger partial charge in [0.15, 0.2) is 0 Å². The Balaban J connectivity index is 1.10. The van der Waals surface area contributed by atoms with Gasteiger partial charge < -0.3 is 29.9 Å². The number of carbonyl (C=O) groups excluding carboxylic acids is 2. The van der Waals surface area contributed by atoms with Crippen LogP contribution in [-0.4, -0.2) is 90.7 Å². The second-order valence-corrected chi connectivity index (χ2v) is 18.0. The van der Waals surface area contributed by atoms with E-state index in [1.165, 1.54) is 31.9 Å². The van der Waals surface area contributed by atoms with Crippen LogP contribution in [0, 0.1) is 24.7 Å². The molecule has 6 rings (SSSR count). The van der Waals surface area contributed by atoms with Crippen molar-refractivity contribution < 1.29 is 32.2 Å². The molecule has 13 heteroatoms. The topological polar surface area (TPSA) is 109 Å². The molecular weight excluding hydrogens is 746 g/mol. The molecule has 1 amide bonds. The quantitative estimate of drug-likeness (QED) is 0.174. The lowest BCUT2D eigenvalue weighted by Gasteiger charge is -2.37. The van der Waals surface area contributed by atoms with Gasteiger partial charge in [-0.3, -0.25) is 4.79 Å². The Hall–Kier alpha value is -3.97. The average Bonchev–Trinajstić information content (AvgIpc) is 3.18. The van der Waals surface area contributed by atoms with Crippen molar-refractivity contribution in [3.8, 4) is 5.75 Å². The number of rotatable bonds is 12. The fraction of sp³-hybridized carbons (Fsp3) is 0.644. The fourth-order valence-corrected chi connectivity index (χ4v) is 9.05. The van der Waals surface area contributed by atoms with E-state index >= 15 is 0 Å². The average molecular weight is 809 g/mol. The normalized spacial score (nSPS) is 20.6. The van der Waals surface area contributed by atoms with Crippen LogP contribution in [0.5, 0.6) is 5.75 Å². The van der Waals surface area contributed by atoms with Crippen molar-refractivity contribution in [2.24, 2.45) is 17.8 Å². The molecule has 3 aromatic rings. The minimum Gasteiger partial charge on any atom is -0.496 e. The molecule has 3 heterocycles. The van der Waals surface area contributed by atoms with E-state index in [0.717, 1.165) is 94.9 Å². The highest BCUT2D eigenvalue weighted by Gasteiger charge is 2.35. The van der Waals surface area contributed by atoms with Crippen LogP contribution in [0.3, 0.4) is 0 Å². The van der Waals surface area contributed by atoms with Gasteiger partial charge in [-0.25, -0.2) is 14.8 Å². The zero-order valence-corrected chi connectivity index (χ0v) is 35.4. The maximum atomic E-state index is 14.0. The number of hydrogen-bond donors (Lipinski definition) is 2. The highest BCUT2D eigenvalue weighted by atomic mass is 19.4. The summed E-state index contributed by atoms with van der Waals surface area (Å²) in [6.45, 7) is 14.8. The SMILES string of the molecule is COc1cc2nc(C)nc(N[C@H](C)c3cc(C(=O)OC(C)(C)C)cc(C(F)(F)F)c3)c2cc1C1CCC(C(=O)N2CCC(CCN(C)CC3CCNCC3)CC2)CC1. The van der Waals surface area contributed by atoms with E-state index in [1.807, 2.05) is 12.1 Å². The number of esters is 1. The first kappa shape index (κ1) is 43.6. The van der Waals surface area contributed by atoms with Crippen molar-refractivity contribution in [3.63, 3.8) is 0 Å². The summed E-state index contributed by atoms with van der Waals surface area (Å²) in [5.41, 5.74) is -0.0825. The van der Waals surface area contributed by atoms with E-state index < -0.39 is 29.4 Å². The molecule has 2 aromatic carbocycles. The zero-order valence-electron chi connectivity index (χ0n) is 35.4. The van der Waals surface area contributed by atoms with Crippen molar-refractivity contribution in [1.29, 1.82) is 0 Å². The third-order valence-electron chi connectivity index (χ3n) is 12.3. The van der Waals surface area contributed by atoms with Crippen LogP contribution in [0.2, 0.25) is 0 Å². The van der Waals surface area contributed by atoms with E-state index in [9.17, 15) is 22.8 Å². The van der Waals surface area contributed by atoms with E-state index in [-0.39, 0.29) is 23.0 Å². The largest absolute Gasteiger partial charge is 0.496 e. The number of piperidine rings is 2. The molecule has 0 unspecified atom stereocenters. The van der Waals surface area contributed by atoms with Crippen LogP contribution < -0.4 is 15.4 Å². The number of likely N-dealkylation sites (tertiary alicyclic amines) is 1. The summed E-state index contributed by atoms with van der Waals surface area (Å²) in [5.74, 6) is 2.77. The molecule has 10 nitrogen and oxygen atoms in total. The number of halogens is 3. The minimum atomic E-state index is -4.67. The molecule has 1 saturated carbocycles. The summed E-state index contributed by atoms with van der Waals surface area (Å²) in [7, 11) is 3.90. The number of alkyl halides is 3. The van der Waals surface area contributed by atoms with E-state index in [2.05, 4.69) is 32.5 Å². The van der Waals surface area contributed by atoms with Crippen LogP contribution in [0.25, 0.3) is 10.9 Å². The number of methoxy groups -OCH3 is 1. The van der Waals surface area contributed by atoms with Crippen LogP contribution in [0.1, 0.15) is 130 Å². The molecule has 0 bridgehead atoms. The van der Waals surface area contributed by atoms with Crippen LogP contribution >= 0.6 is 0 Å². The monoisotopic (exact) mass is 808 g/mol. The van der Waals surface area contributed by atoms with E-state index in [4.69, 9.17) is 14.5 Å². The van der Waals surface area contributed by atoms with Crippen molar-refractivity contribution in [2.75, 3.05) is 58.7 Å². The van der Waals surface area contributed by atoms with Crippen LogP contribution in [0.15, 0.2) is 30.3 Å². The number of carbonyl (C=O) groups is 2. The third kappa shape index (κ3) is 11.2. The molecule has 1 aromatic heterocycles. The number of fused-ring (bicyclic) bond motifs is 1. The van der Waals surface area contributed by atoms with Gasteiger partial charge in [-0.15, -0.1) is 0 Å². The van der Waals surface area contributed by atoms with Crippen molar-refractivity contribution >= 4 is 28.6 Å². The predicted octanol–water partition coefficient (Wildman–Crippen LogP) is 8.93. The number of aromatic nitrogens is 2. The fourth-order valence-electron chi connectivity index (χ4n) is 9.05. The first-order valence-corrected chi connectivity index (χ1v) is 21.2. The number of ether oxygens (including phenoxy) is 2. The lowest BCUT2D eigenvalue weighted by atomic mass is 9.77. The van der Waals surface area contributed by atoms with Gasteiger partial charge in [-0.1, -0.05) is 0 Å². The number of benzene rings is 2. The third-order valence-corrected chi connectivity index (χ3v) is 12.3. The zero-order chi connectivity index (χ0) is 41.8. The Kier molecular flexibility index (Phi) is 13.9. The number of nitrogens with one attached hydrogen (secondary N) is 2. The Morgan fingerprint density at radius 2 is 1.64 bits per heavy atom. The van der Waals surface area contributed by atoms with E-state index in [0.29, 0.717) is 40.1 Å². The molecular formula is C45H63F3N6O4. The van der Waals surface area contributed by atoms with Gasteiger partial charge >= 0.3 is 12.1 Å². The van der Waals surface area contributed by atoms with Crippen molar-refractivity contribution in [2.45, 2.75) is 116 Å². The molecule has 2 N–H and O–H groups in total. The van der Waals surface area contributed by atoms with Crippen LogP contribution in [-0.2, 0) is 15.7 Å². The Morgan fingerprint density at radius 1 is 0.948 bits per heavy atom. The predicted molar refractivity (Wildman–Crippen MR) is 221 cm³/mol. The Morgan fingerprint density at radius 3 is 2.28 bits per heavy atom. The molecule has 3 fully saturated rings. The second kappa shape index (κ2) is 18.5. The van der Waals surface area contributed by atoms with Gasteiger partial charge in [0.05, 0.1) is 29.8 Å². The summed E-state index contributed by atoms with van der Waals surface area (Å²) in [6, 6.07) is 6.58. The molecule has 1 aliphatic carbocycles. The van der Waals surface area contributed by atoms with Crippen LogP contribution in [0.4, 0.5) is 19.0 Å². The van der Waals surface area contributed by atoms with Gasteiger partial charge in [0.25, 0.3) is 0 Å². The number of nitrogens with zero attached hydrogens (tertiary/aromatic N) is 4. The number of anilines is 1. The minimum absolute atomic E-state index is 0.0115. The smallest absolute Gasteiger partial charge is 0.416 e. The van der Waals surface area contributed by atoms with Gasteiger partial charge in [0.1, 0.15) is 23.0 Å². The van der Waals surface area contributed by atoms with Gasteiger partial charge in [0, 0.05) is 37.0 Å². The first-order valence-electron chi connectivity index (χ1n) is 21.2. The summed E-state index contributed by atoms with van der Waals surface area (Å²) < 4.78 is 53.4. The number of aryl methyl sites for hydroxylation is 1. The van der Waals surface area contributed by atoms with Gasteiger partial charge in [-0.2, -0.15) is 13.2 Å². The highest BCUT2D eigenvalue weighted by molar-refractivity contribution is 5.92. The van der Waals surface area contributed by atoms with Crippen molar-refractivity contribution in [3.05, 3.63) is 58.4 Å². The Labute approximate surface area is 342 Å². The molecule has 2 saturated heterocycles. The summed E-state index contributed by atoms with van der Waals surface area (Å²) in [6.07, 6.45) is 4.49.